The lowest BCUT2D eigenvalue weighted by atomic mass is 9.96. The van der Waals surface area contributed by atoms with Crippen LogP contribution in [0.1, 0.15) is 46.5 Å². The number of carbonyl (C=O) groups excluding carboxylic acids is 1. The zero-order valence-corrected chi connectivity index (χ0v) is 18.0. The topological polar surface area (TPSA) is 68.8 Å². The molecule has 1 aliphatic carbocycles. The van der Waals surface area contributed by atoms with Crippen LogP contribution in [0.2, 0.25) is 0 Å². The number of rotatable bonds is 3. The number of anilines is 2. The fourth-order valence-electron chi connectivity index (χ4n) is 3.71. The van der Waals surface area contributed by atoms with Crippen LogP contribution < -0.4 is 20.1 Å². The van der Waals surface area contributed by atoms with E-state index in [0.717, 1.165) is 47.7 Å². The van der Waals surface area contributed by atoms with Crippen molar-refractivity contribution in [2.75, 3.05) is 31.0 Å². The lowest BCUT2D eigenvalue weighted by Crippen LogP contribution is -2.21. The van der Waals surface area contributed by atoms with Gasteiger partial charge < -0.3 is 24.8 Å². The molecule has 1 aliphatic heterocycles. The predicted molar refractivity (Wildman–Crippen MR) is 119 cm³/mol. The minimum Gasteiger partial charge on any atom is -0.486 e. The Morgan fingerprint density at radius 3 is 2.62 bits per heavy atom. The Labute approximate surface area is 179 Å². The van der Waals surface area contributed by atoms with Crippen molar-refractivity contribution in [3.63, 3.8) is 0 Å². The number of hydrogen-bond donors (Lipinski definition) is 2. The molecule has 0 saturated carbocycles. The normalized spacial score (nSPS) is 15.5. The van der Waals surface area contributed by atoms with Crippen molar-refractivity contribution in [1.82, 2.24) is 0 Å². The van der Waals surface area contributed by atoms with E-state index in [0.29, 0.717) is 29.6 Å². The van der Waals surface area contributed by atoms with E-state index in [-0.39, 0.29) is 5.97 Å². The number of fused-ring (bicyclic) bond motifs is 2. The Morgan fingerprint density at radius 2 is 1.83 bits per heavy atom. The second kappa shape index (κ2) is 9.00. The Bertz CT molecular complexity index is 926. The van der Waals surface area contributed by atoms with Crippen LogP contribution in [0.15, 0.2) is 18.2 Å². The molecule has 0 atom stereocenters. The van der Waals surface area contributed by atoms with Gasteiger partial charge in [0, 0.05) is 16.6 Å². The Morgan fingerprint density at radius 1 is 1.07 bits per heavy atom. The van der Waals surface area contributed by atoms with Crippen molar-refractivity contribution in [3.05, 3.63) is 34.2 Å². The van der Waals surface area contributed by atoms with E-state index in [2.05, 4.69) is 10.6 Å². The quantitative estimate of drug-likeness (QED) is 0.535. The lowest BCUT2D eigenvalue weighted by Gasteiger charge is -2.19. The van der Waals surface area contributed by atoms with Crippen LogP contribution in [0.3, 0.4) is 0 Å². The molecular formula is C21H24N2O4S2. The number of ether oxygens (including phenoxy) is 3. The summed E-state index contributed by atoms with van der Waals surface area (Å²) in [6, 6.07) is 5.60. The Kier molecular flexibility index (Phi) is 6.20. The van der Waals surface area contributed by atoms with Gasteiger partial charge in [-0.05, 0) is 55.6 Å². The molecule has 4 rings (SSSR count). The standard InChI is InChI=1S/C21H24N2O4S2/c1-25-20(24)18-14-6-4-2-3-5-7-17(14)29-19(18)23-21(28)22-13-8-9-15-16(12-13)27-11-10-26-15/h8-9,12H,2-7,10-11H2,1H3,(H2,22,23,28). The molecule has 6 nitrogen and oxygen atoms in total. The Hall–Kier alpha value is -2.32. The van der Waals surface area contributed by atoms with E-state index in [1.807, 2.05) is 18.2 Å². The average Bonchev–Trinajstić information content (AvgIpc) is 3.03. The summed E-state index contributed by atoms with van der Waals surface area (Å²) in [7, 11) is 1.42. The highest BCUT2D eigenvalue weighted by Gasteiger charge is 2.25. The van der Waals surface area contributed by atoms with Gasteiger partial charge in [0.05, 0.1) is 12.7 Å². The molecular weight excluding hydrogens is 408 g/mol. The number of benzene rings is 1. The van der Waals surface area contributed by atoms with Gasteiger partial charge in [0.1, 0.15) is 18.2 Å². The SMILES string of the molecule is COC(=O)c1c(NC(=S)Nc2ccc3c(c2)OCCO3)sc2c1CCCCCC2. The van der Waals surface area contributed by atoms with Crippen LogP contribution in [0.25, 0.3) is 0 Å². The van der Waals surface area contributed by atoms with E-state index in [9.17, 15) is 4.79 Å². The van der Waals surface area contributed by atoms with Crippen LogP contribution in [0.5, 0.6) is 11.5 Å². The van der Waals surface area contributed by atoms with Gasteiger partial charge >= 0.3 is 5.97 Å². The van der Waals surface area contributed by atoms with Crippen molar-refractivity contribution in [3.8, 4) is 11.5 Å². The first-order chi connectivity index (χ1) is 14.2. The second-order valence-corrected chi connectivity index (χ2v) is 8.56. The smallest absolute Gasteiger partial charge is 0.341 e. The third-order valence-electron chi connectivity index (χ3n) is 5.09. The number of esters is 1. The molecule has 0 saturated heterocycles. The molecule has 8 heteroatoms. The largest absolute Gasteiger partial charge is 0.486 e. The summed E-state index contributed by atoms with van der Waals surface area (Å²) >= 11 is 7.12. The minimum atomic E-state index is -0.312. The first-order valence-corrected chi connectivity index (χ1v) is 11.1. The molecule has 29 heavy (non-hydrogen) atoms. The van der Waals surface area contributed by atoms with Crippen molar-refractivity contribution in [2.24, 2.45) is 0 Å². The third kappa shape index (κ3) is 4.48. The summed E-state index contributed by atoms with van der Waals surface area (Å²) in [4.78, 5) is 13.8. The van der Waals surface area contributed by atoms with Gasteiger partial charge in [-0.15, -0.1) is 11.3 Å². The van der Waals surface area contributed by atoms with E-state index >= 15 is 0 Å². The fourth-order valence-corrected chi connectivity index (χ4v) is 5.28. The molecule has 2 heterocycles. The van der Waals surface area contributed by atoms with Crippen molar-refractivity contribution in [2.45, 2.75) is 38.5 Å². The fraction of sp³-hybridized carbons (Fsp3) is 0.429. The second-order valence-electron chi connectivity index (χ2n) is 7.05. The number of aryl methyl sites for hydroxylation is 1. The molecule has 2 aliphatic rings. The van der Waals surface area contributed by atoms with Crippen molar-refractivity contribution in [1.29, 1.82) is 0 Å². The number of thiocarbonyl (C=S) groups is 1. The molecule has 1 aromatic carbocycles. The van der Waals surface area contributed by atoms with Crippen molar-refractivity contribution >= 4 is 45.3 Å². The zero-order valence-electron chi connectivity index (χ0n) is 16.3. The molecule has 0 unspecified atom stereocenters. The van der Waals surface area contributed by atoms with Gasteiger partial charge in [-0.3, -0.25) is 0 Å². The van der Waals surface area contributed by atoms with Gasteiger partial charge in [-0.2, -0.15) is 0 Å². The molecule has 0 bridgehead atoms. The third-order valence-corrected chi connectivity index (χ3v) is 6.50. The average molecular weight is 433 g/mol. The van der Waals surface area contributed by atoms with E-state index in [1.165, 1.54) is 24.8 Å². The van der Waals surface area contributed by atoms with E-state index in [1.54, 1.807) is 11.3 Å². The highest BCUT2D eigenvalue weighted by atomic mass is 32.1. The summed E-state index contributed by atoms with van der Waals surface area (Å²) in [5.41, 5.74) is 2.54. The van der Waals surface area contributed by atoms with Crippen LogP contribution >= 0.6 is 23.6 Å². The summed E-state index contributed by atoms with van der Waals surface area (Å²) in [5, 5.41) is 7.55. The van der Waals surface area contributed by atoms with Crippen LogP contribution in [0.4, 0.5) is 10.7 Å². The lowest BCUT2D eigenvalue weighted by molar-refractivity contribution is 0.0601. The number of carbonyl (C=O) groups is 1. The van der Waals surface area contributed by atoms with Crippen LogP contribution in [0, 0.1) is 0 Å². The molecule has 0 fully saturated rings. The molecule has 2 aromatic rings. The molecule has 1 aromatic heterocycles. The monoisotopic (exact) mass is 432 g/mol. The number of methoxy groups -OCH3 is 1. The Balaban J connectivity index is 1.54. The molecule has 2 N–H and O–H groups in total. The molecule has 0 amide bonds. The maximum Gasteiger partial charge on any atom is 0.341 e. The summed E-state index contributed by atoms with van der Waals surface area (Å²) in [6.07, 6.45) is 6.56. The van der Waals surface area contributed by atoms with E-state index in [4.69, 9.17) is 26.4 Å². The van der Waals surface area contributed by atoms with Crippen molar-refractivity contribution < 1.29 is 19.0 Å². The van der Waals surface area contributed by atoms with Gasteiger partial charge in [-0.25, -0.2) is 4.79 Å². The van der Waals surface area contributed by atoms with Gasteiger partial charge in [0.2, 0.25) is 0 Å². The predicted octanol–water partition coefficient (Wildman–Crippen LogP) is 4.77. The van der Waals surface area contributed by atoms with E-state index < -0.39 is 0 Å². The maximum absolute atomic E-state index is 12.5. The highest BCUT2D eigenvalue weighted by molar-refractivity contribution is 7.80. The van der Waals surface area contributed by atoms with Crippen LogP contribution in [-0.2, 0) is 17.6 Å². The van der Waals surface area contributed by atoms with Gasteiger partial charge in [0.15, 0.2) is 16.6 Å². The minimum absolute atomic E-state index is 0.312. The van der Waals surface area contributed by atoms with Crippen LogP contribution in [-0.4, -0.2) is 31.4 Å². The summed E-state index contributed by atoms with van der Waals surface area (Å²) in [6.45, 7) is 1.08. The first-order valence-electron chi connectivity index (χ1n) is 9.86. The van der Waals surface area contributed by atoms with Gasteiger partial charge in [-0.1, -0.05) is 12.8 Å². The zero-order chi connectivity index (χ0) is 20.2. The first kappa shape index (κ1) is 20.0. The molecule has 154 valence electrons. The number of hydrogen-bond acceptors (Lipinski definition) is 6. The maximum atomic E-state index is 12.5. The molecule has 0 radical (unpaired) electrons. The number of nitrogens with one attached hydrogen (secondary N) is 2. The summed E-state index contributed by atoms with van der Waals surface area (Å²) in [5.74, 6) is 1.11. The van der Waals surface area contributed by atoms with Gasteiger partial charge in [0.25, 0.3) is 0 Å². The number of thiophene rings is 1. The molecule has 0 spiro atoms. The highest BCUT2D eigenvalue weighted by Crippen LogP contribution is 2.38. The summed E-state index contributed by atoms with van der Waals surface area (Å²) < 4.78 is 16.2.